The molecular formula is C21H19ClN2O2. The number of carbonyl (C=O) groups is 1. The molecule has 132 valence electrons. The molecule has 0 atom stereocenters. The van der Waals surface area contributed by atoms with E-state index in [0.29, 0.717) is 17.3 Å². The third-order valence-corrected chi connectivity index (χ3v) is 3.95. The van der Waals surface area contributed by atoms with E-state index < -0.39 is 0 Å². The normalized spacial score (nSPS) is 10.2. The Kier molecular flexibility index (Phi) is 6.12. The van der Waals surface area contributed by atoms with Crippen molar-refractivity contribution in [2.24, 2.45) is 0 Å². The summed E-state index contributed by atoms with van der Waals surface area (Å²) in [5.41, 5.74) is 1.76. The number of anilines is 1. The Balaban J connectivity index is 1.54. The Morgan fingerprint density at radius 3 is 2.35 bits per heavy atom. The van der Waals surface area contributed by atoms with Crippen LogP contribution in [0.2, 0.25) is 5.02 Å². The Bertz CT molecular complexity index is 851. The lowest BCUT2D eigenvalue weighted by molar-refractivity contribution is -0.119. The van der Waals surface area contributed by atoms with Gasteiger partial charge in [0, 0.05) is 11.6 Å². The highest BCUT2D eigenvalue weighted by Crippen LogP contribution is 2.28. The van der Waals surface area contributed by atoms with Crippen molar-refractivity contribution in [3.63, 3.8) is 0 Å². The molecule has 0 bridgehead atoms. The molecule has 0 fully saturated rings. The quantitative estimate of drug-likeness (QED) is 0.627. The van der Waals surface area contributed by atoms with E-state index in [9.17, 15) is 4.79 Å². The number of nitrogens with one attached hydrogen (secondary N) is 2. The molecule has 5 heteroatoms. The second-order valence-corrected chi connectivity index (χ2v) is 6.10. The zero-order valence-electron chi connectivity index (χ0n) is 14.1. The summed E-state index contributed by atoms with van der Waals surface area (Å²) < 4.78 is 5.88. The van der Waals surface area contributed by atoms with E-state index in [1.807, 2.05) is 66.7 Å². The van der Waals surface area contributed by atoms with Crippen molar-refractivity contribution in [2.45, 2.75) is 6.54 Å². The average Bonchev–Trinajstić information content (AvgIpc) is 2.68. The summed E-state index contributed by atoms with van der Waals surface area (Å²) >= 11 is 5.86. The van der Waals surface area contributed by atoms with Crippen LogP contribution >= 0.6 is 11.6 Å². The predicted octanol–water partition coefficient (Wildman–Crippen LogP) is 4.86. The first-order valence-electron chi connectivity index (χ1n) is 8.27. The number of ether oxygens (including phenoxy) is 1. The Morgan fingerprint density at radius 2 is 1.58 bits per heavy atom. The van der Waals surface area contributed by atoms with Crippen LogP contribution in [0.25, 0.3) is 0 Å². The molecule has 2 N–H and O–H groups in total. The van der Waals surface area contributed by atoms with Gasteiger partial charge in [0.2, 0.25) is 5.91 Å². The lowest BCUT2D eigenvalue weighted by Gasteiger charge is -2.13. The van der Waals surface area contributed by atoms with Crippen molar-refractivity contribution in [3.8, 4) is 11.5 Å². The number of para-hydroxylation sites is 3. The summed E-state index contributed by atoms with van der Waals surface area (Å²) in [6, 6.07) is 24.4. The maximum absolute atomic E-state index is 12.1. The molecule has 0 saturated carbocycles. The third kappa shape index (κ3) is 5.26. The molecule has 0 unspecified atom stereocenters. The zero-order valence-corrected chi connectivity index (χ0v) is 14.9. The van der Waals surface area contributed by atoms with Crippen molar-refractivity contribution >= 4 is 23.2 Å². The van der Waals surface area contributed by atoms with Gasteiger partial charge in [-0.15, -0.1) is 0 Å². The molecule has 3 aromatic carbocycles. The lowest BCUT2D eigenvalue weighted by Crippen LogP contribution is -2.29. The van der Waals surface area contributed by atoms with Crippen LogP contribution in [-0.2, 0) is 11.3 Å². The van der Waals surface area contributed by atoms with Crippen molar-refractivity contribution in [3.05, 3.63) is 89.4 Å². The molecular weight excluding hydrogens is 348 g/mol. The van der Waals surface area contributed by atoms with Crippen LogP contribution in [0.3, 0.4) is 0 Å². The number of rotatable bonds is 7. The fourth-order valence-electron chi connectivity index (χ4n) is 2.36. The molecule has 4 nitrogen and oxygen atoms in total. The van der Waals surface area contributed by atoms with Gasteiger partial charge in [-0.1, -0.05) is 54.1 Å². The molecule has 0 spiro atoms. The van der Waals surface area contributed by atoms with Gasteiger partial charge in [-0.25, -0.2) is 0 Å². The average molecular weight is 367 g/mol. The molecule has 1 amide bonds. The summed E-state index contributed by atoms with van der Waals surface area (Å²) in [7, 11) is 0. The van der Waals surface area contributed by atoms with Gasteiger partial charge < -0.3 is 15.4 Å². The van der Waals surface area contributed by atoms with Crippen LogP contribution in [0.15, 0.2) is 78.9 Å². The van der Waals surface area contributed by atoms with E-state index in [0.717, 1.165) is 17.0 Å². The molecule has 0 saturated heterocycles. The minimum absolute atomic E-state index is 0.102. The molecule has 0 radical (unpaired) electrons. The van der Waals surface area contributed by atoms with E-state index in [-0.39, 0.29) is 12.5 Å². The van der Waals surface area contributed by atoms with Crippen molar-refractivity contribution < 1.29 is 9.53 Å². The van der Waals surface area contributed by atoms with Crippen LogP contribution in [0.5, 0.6) is 11.5 Å². The van der Waals surface area contributed by atoms with Gasteiger partial charge in [0.1, 0.15) is 5.75 Å². The van der Waals surface area contributed by atoms with E-state index in [2.05, 4.69) is 10.6 Å². The zero-order chi connectivity index (χ0) is 18.2. The maximum atomic E-state index is 12.1. The first-order valence-corrected chi connectivity index (χ1v) is 8.65. The first-order chi connectivity index (χ1) is 12.7. The van der Waals surface area contributed by atoms with Gasteiger partial charge in [0.05, 0.1) is 12.2 Å². The SMILES string of the molecule is O=C(CNc1ccccc1Oc1ccccc1)NCc1ccc(Cl)cc1. The summed E-state index contributed by atoms with van der Waals surface area (Å²) in [6.07, 6.45) is 0. The van der Waals surface area contributed by atoms with Gasteiger partial charge in [0.25, 0.3) is 0 Å². The van der Waals surface area contributed by atoms with E-state index >= 15 is 0 Å². The summed E-state index contributed by atoms with van der Waals surface area (Å²) in [5.74, 6) is 1.31. The Hall–Kier alpha value is -2.98. The molecule has 0 aliphatic rings. The second-order valence-electron chi connectivity index (χ2n) is 5.67. The largest absolute Gasteiger partial charge is 0.455 e. The van der Waals surface area contributed by atoms with E-state index in [1.54, 1.807) is 12.1 Å². The van der Waals surface area contributed by atoms with Crippen LogP contribution in [0.1, 0.15) is 5.56 Å². The van der Waals surface area contributed by atoms with Crippen LogP contribution in [-0.4, -0.2) is 12.5 Å². The Labute approximate surface area is 157 Å². The first kappa shape index (κ1) is 17.8. The summed E-state index contributed by atoms with van der Waals surface area (Å²) in [6.45, 7) is 0.614. The highest BCUT2D eigenvalue weighted by Gasteiger charge is 2.06. The smallest absolute Gasteiger partial charge is 0.239 e. The highest BCUT2D eigenvalue weighted by atomic mass is 35.5. The second kappa shape index (κ2) is 8.92. The van der Waals surface area contributed by atoms with Crippen molar-refractivity contribution in [1.29, 1.82) is 0 Å². The fraction of sp³-hybridized carbons (Fsp3) is 0.0952. The Morgan fingerprint density at radius 1 is 0.885 bits per heavy atom. The topological polar surface area (TPSA) is 50.4 Å². The van der Waals surface area contributed by atoms with Gasteiger partial charge in [0.15, 0.2) is 5.75 Å². The van der Waals surface area contributed by atoms with E-state index in [1.165, 1.54) is 0 Å². The summed E-state index contributed by atoms with van der Waals surface area (Å²) in [5, 5.41) is 6.67. The number of halogens is 1. The minimum atomic E-state index is -0.102. The third-order valence-electron chi connectivity index (χ3n) is 3.70. The minimum Gasteiger partial charge on any atom is -0.455 e. The van der Waals surface area contributed by atoms with Crippen molar-refractivity contribution in [1.82, 2.24) is 5.32 Å². The predicted molar refractivity (Wildman–Crippen MR) is 105 cm³/mol. The van der Waals surface area contributed by atoms with Gasteiger partial charge in [-0.2, -0.15) is 0 Å². The molecule has 0 aliphatic heterocycles. The standard InChI is InChI=1S/C21H19ClN2O2/c22-17-12-10-16(11-13-17)14-24-21(25)15-23-19-8-4-5-9-20(19)26-18-6-2-1-3-7-18/h1-13,23H,14-15H2,(H,24,25). The molecule has 0 aliphatic carbocycles. The number of carbonyl (C=O) groups excluding carboxylic acids is 1. The summed E-state index contributed by atoms with van der Waals surface area (Å²) in [4.78, 5) is 12.1. The van der Waals surface area contributed by atoms with Gasteiger partial charge in [-0.05, 0) is 42.0 Å². The lowest BCUT2D eigenvalue weighted by atomic mass is 10.2. The number of hydrogen-bond acceptors (Lipinski definition) is 3. The molecule has 3 aromatic rings. The van der Waals surface area contributed by atoms with Gasteiger partial charge >= 0.3 is 0 Å². The fourth-order valence-corrected chi connectivity index (χ4v) is 2.48. The van der Waals surface area contributed by atoms with Crippen molar-refractivity contribution in [2.75, 3.05) is 11.9 Å². The molecule has 3 rings (SSSR count). The molecule has 0 heterocycles. The van der Waals surface area contributed by atoms with Crippen LogP contribution in [0, 0.1) is 0 Å². The van der Waals surface area contributed by atoms with Crippen LogP contribution in [0.4, 0.5) is 5.69 Å². The highest BCUT2D eigenvalue weighted by molar-refractivity contribution is 6.30. The molecule has 0 aromatic heterocycles. The number of benzene rings is 3. The molecule has 26 heavy (non-hydrogen) atoms. The van der Waals surface area contributed by atoms with E-state index in [4.69, 9.17) is 16.3 Å². The van der Waals surface area contributed by atoms with Crippen LogP contribution < -0.4 is 15.4 Å². The number of amides is 1. The monoisotopic (exact) mass is 366 g/mol. The van der Waals surface area contributed by atoms with Gasteiger partial charge in [-0.3, -0.25) is 4.79 Å². The maximum Gasteiger partial charge on any atom is 0.239 e. The number of hydrogen-bond donors (Lipinski definition) is 2.